The monoisotopic (exact) mass is 380 g/mol. The first-order chi connectivity index (χ1) is 13.6. The van der Waals surface area contributed by atoms with Gasteiger partial charge in [0.05, 0.1) is 12.2 Å². The number of carbonyl (C=O) groups excluding carboxylic acids is 2. The summed E-state index contributed by atoms with van der Waals surface area (Å²) in [4.78, 5) is 25.5. The second-order valence-corrected chi connectivity index (χ2v) is 6.71. The van der Waals surface area contributed by atoms with Gasteiger partial charge in [-0.05, 0) is 24.5 Å². The van der Waals surface area contributed by atoms with Gasteiger partial charge < -0.3 is 14.2 Å². The SMILES string of the molecule is C[C@H]1C=CC[C@H](C(C(=O)OCc2ccccc2)C(=O)OCc2ccccc2)O1. The van der Waals surface area contributed by atoms with Crippen LogP contribution in [0.15, 0.2) is 72.8 Å². The number of rotatable bonds is 7. The highest BCUT2D eigenvalue weighted by Crippen LogP contribution is 2.23. The van der Waals surface area contributed by atoms with E-state index in [9.17, 15) is 9.59 Å². The van der Waals surface area contributed by atoms with Crippen LogP contribution in [-0.4, -0.2) is 24.1 Å². The number of ether oxygens (including phenoxy) is 3. The maximum absolute atomic E-state index is 12.7. The third-order valence-electron chi connectivity index (χ3n) is 4.49. The Kier molecular flexibility index (Phi) is 6.98. The highest BCUT2D eigenvalue weighted by atomic mass is 16.6. The van der Waals surface area contributed by atoms with Crippen molar-refractivity contribution in [2.75, 3.05) is 0 Å². The Hall–Kier alpha value is -2.92. The predicted octanol–water partition coefficient (Wildman–Crippen LogP) is 3.82. The predicted molar refractivity (Wildman–Crippen MR) is 104 cm³/mol. The van der Waals surface area contributed by atoms with Gasteiger partial charge in [-0.1, -0.05) is 72.8 Å². The average molecular weight is 380 g/mol. The van der Waals surface area contributed by atoms with E-state index in [0.717, 1.165) is 11.1 Å². The van der Waals surface area contributed by atoms with Crippen molar-refractivity contribution in [1.29, 1.82) is 0 Å². The molecule has 0 saturated heterocycles. The van der Waals surface area contributed by atoms with Crippen LogP contribution in [0, 0.1) is 5.92 Å². The van der Waals surface area contributed by atoms with Crippen LogP contribution in [0.3, 0.4) is 0 Å². The van der Waals surface area contributed by atoms with Gasteiger partial charge in [-0.2, -0.15) is 0 Å². The van der Waals surface area contributed by atoms with Crippen LogP contribution in [0.1, 0.15) is 24.5 Å². The summed E-state index contributed by atoms with van der Waals surface area (Å²) in [5, 5.41) is 0. The number of hydrogen-bond donors (Lipinski definition) is 0. The van der Waals surface area contributed by atoms with Gasteiger partial charge in [-0.15, -0.1) is 0 Å². The number of esters is 2. The maximum Gasteiger partial charge on any atom is 0.323 e. The molecule has 0 aliphatic carbocycles. The van der Waals surface area contributed by atoms with Crippen LogP contribution in [0.2, 0.25) is 0 Å². The molecule has 1 aliphatic heterocycles. The smallest absolute Gasteiger partial charge is 0.323 e. The van der Waals surface area contributed by atoms with Crippen molar-refractivity contribution in [3.8, 4) is 0 Å². The topological polar surface area (TPSA) is 61.8 Å². The molecule has 5 nitrogen and oxygen atoms in total. The van der Waals surface area contributed by atoms with Crippen molar-refractivity contribution in [1.82, 2.24) is 0 Å². The molecule has 0 bridgehead atoms. The Balaban J connectivity index is 1.67. The van der Waals surface area contributed by atoms with Gasteiger partial charge in [0, 0.05) is 0 Å². The summed E-state index contributed by atoms with van der Waals surface area (Å²) in [7, 11) is 0. The molecular weight excluding hydrogens is 356 g/mol. The molecule has 0 amide bonds. The number of benzene rings is 2. The standard InChI is InChI=1S/C23H24O5/c1-17-9-8-14-20(28-17)21(22(24)26-15-18-10-4-2-5-11-18)23(25)27-16-19-12-6-3-7-13-19/h2-13,17,20-21H,14-16H2,1H3/t17-,20+/m0/s1. The van der Waals surface area contributed by atoms with Gasteiger partial charge in [0.1, 0.15) is 13.2 Å². The lowest BCUT2D eigenvalue weighted by atomic mass is 9.97. The van der Waals surface area contributed by atoms with Crippen LogP contribution in [0.25, 0.3) is 0 Å². The van der Waals surface area contributed by atoms with Crippen LogP contribution in [-0.2, 0) is 37.0 Å². The van der Waals surface area contributed by atoms with Crippen LogP contribution < -0.4 is 0 Å². The van der Waals surface area contributed by atoms with Crippen LogP contribution >= 0.6 is 0 Å². The second-order valence-electron chi connectivity index (χ2n) is 6.71. The minimum Gasteiger partial charge on any atom is -0.460 e. The molecule has 3 rings (SSSR count). The first-order valence-corrected chi connectivity index (χ1v) is 9.36. The van der Waals surface area contributed by atoms with Crippen molar-refractivity contribution < 1.29 is 23.8 Å². The highest BCUT2D eigenvalue weighted by Gasteiger charge is 2.39. The molecule has 146 valence electrons. The molecule has 2 aromatic carbocycles. The van der Waals surface area contributed by atoms with E-state index in [1.54, 1.807) is 0 Å². The zero-order valence-corrected chi connectivity index (χ0v) is 15.8. The maximum atomic E-state index is 12.7. The van der Waals surface area contributed by atoms with Gasteiger partial charge in [0.25, 0.3) is 0 Å². The summed E-state index contributed by atoms with van der Waals surface area (Å²) >= 11 is 0. The number of hydrogen-bond acceptors (Lipinski definition) is 5. The molecule has 0 spiro atoms. The summed E-state index contributed by atoms with van der Waals surface area (Å²) in [5.41, 5.74) is 1.70. The summed E-state index contributed by atoms with van der Waals surface area (Å²) < 4.78 is 16.6. The minimum atomic E-state index is -1.13. The highest BCUT2D eigenvalue weighted by molar-refractivity contribution is 5.95. The molecular formula is C23H24O5. The summed E-state index contributed by atoms with van der Waals surface area (Å²) in [6.45, 7) is 2.06. The van der Waals surface area contributed by atoms with E-state index in [2.05, 4.69) is 0 Å². The van der Waals surface area contributed by atoms with Crippen molar-refractivity contribution in [2.24, 2.45) is 5.92 Å². The molecule has 0 radical (unpaired) electrons. The molecule has 1 heterocycles. The molecule has 28 heavy (non-hydrogen) atoms. The first-order valence-electron chi connectivity index (χ1n) is 9.36. The Morgan fingerprint density at radius 3 is 1.89 bits per heavy atom. The fourth-order valence-corrected chi connectivity index (χ4v) is 3.03. The second kappa shape index (κ2) is 9.85. The third kappa shape index (κ3) is 5.54. The Labute approximate surface area is 164 Å². The molecule has 2 aromatic rings. The van der Waals surface area contributed by atoms with Crippen molar-refractivity contribution in [3.63, 3.8) is 0 Å². The van der Waals surface area contributed by atoms with Crippen molar-refractivity contribution in [3.05, 3.63) is 83.9 Å². The largest absolute Gasteiger partial charge is 0.460 e. The first kappa shape index (κ1) is 19.8. The van der Waals surface area contributed by atoms with E-state index in [4.69, 9.17) is 14.2 Å². The Morgan fingerprint density at radius 1 is 0.929 bits per heavy atom. The van der Waals surface area contributed by atoms with E-state index in [1.807, 2.05) is 79.7 Å². The van der Waals surface area contributed by atoms with Gasteiger partial charge in [-0.25, -0.2) is 0 Å². The normalized spacial score (nSPS) is 18.6. The summed E-state index contributed by atoms with van der Waals surface area (Å²) in [6, 6.07) is 18.7. The molecule has 2 atom stereocenters. The molecule has 0 aromatic heterocycles. The molecule has 0 saturated carbocycles. The Morgan fingerprint density at radius 2 is 1.43 bits per heavy atom. The minimum absolute atomic E-state index is 0.0975. The lowest BCUT2D eigenvalue weighted by molar-refractivity contribution is -0.172. The van der Waals surface area contributed by atoms with Crippen molar-refractivity contribution in [2.45, 2.75) is 38.8 Å². The Bertz CT molecular complexity index is 745. The van der Waals surface area contributed by atoms with Gasteiger partial charge in [0.2, 0.25) is 0 Å². The molecule has 5 heteroatoms. The van der Waals surface area contributed by atoms with E-state index >= 15 is 0 Å². The zero-order chi connectivity index (χ0) is 19.8. The fourth-order valence-electron chi connectivity index (χ4n) is 3.03. The lowest BCUT2D eigenvalue weighted by Gasteiger charge is -2.28. The van der Waals surface area contributed by atoms with Crippen molar-refractivity contribution >= 4 is 11.9 Å². The average Bonchev–Trinajstić information content (AvgIpc) is 2.72. The third-order valence-corrected chi connectivity index (χ3v) is 4.49. The van der Waals surface area contributed by atoms with Gasteiger partial charge >= 0.3 is 11.9 Å². The number of carbonyl (C=O) groups is 2. The lowest BCUT2D eigenvalue weighted by Crippen LogP contribution is -2.41. The van der Waals surface area contributed by atoms with Gasteiger partial charge in [0.15, 0.2) is 5.92 Å². The summed E-state index contributed by atoms with van der Waals surface area (Å²) in [5.74, 6) is -2.39. The molecule has 1 aliphatic rings. The quantitative estimate of drug-likeness (QED) is 0.415. The molecule has 0 fully saturated rings. The molecule has 0 unspecified atom stereocenters. The van der Waals surface area contributed by atoms with Crippen LogP contribution in [0.5, 0.6) is 0 Å². The van der Waals surface area contributed by atoms with E-state index in [0.29, 0.717) is 6.42 Å². The van der Waals surface area contributed by atoms with E-state index < -0.39 is 24.0 Å². The van der Waals surface area contributed by atoms with E-state index in [-0.39, 0.29) is 19.3 Å². The van der Waals surface area contributed by atoms with E-state index in [1.165, 1.54) is 0 Å². The van der Waals surface area contributed by atoms with Crippen LogP contribution in [0.4, 0.5) is 0 Å². The molecule has 0 N–H and O–H groups in total. The van der Waals surface area contributed by atoms with Gasteiger partial charge in [-0.3, -0.25) is 9.59 Å². The summed E-state index contributed by atoms with van der Waals surface area (Å²) in [6.07, 6.45) is 3.49. The fraction of sp³-hybridized carbons (Fsp3) is 0.304. The zero-order valence-electron chi connectivity index (χ0n) is 15.8.